The van der Waals surface area contributed by atoms with E-state index >= 15 is 0 Å². The minimum Gasteiger partial charge on any atom is -0.357 e. The third-order valence-electron chi connectivity index (χ3n) is 4.93. The lowest BCUT2D eigenvalue weighted by Gasteiger charge is -2.31. The predicted octanol–water partition coefficient (Wildman–Crippen LogP) is 2.76. The highest BCUT2D eigenvalue weighted by Gasteiger charge is 2.40. The molecule has 0 saturated carbocycles. The molecule has 2 aliphatic heterocycles. The van der Waals surface area contributed by atoms with Crippen LogP contribution < -0.4 is 20.9 Å². The molecule has 158 valence electrons. The molecule has 2 aromatic carbocycles. The Morgan fingerprint density at radius 3 is 2.48 bits per heavy atom. The van der Waals surface area contributed by atoms with Crippen molar-refractivity contribution in [2.75, 3.05) is 10.2 Å². The average Bonchev–Trinajstić information content (AvgIpc) is 3.11. The summed E-state index contributed by atoms with van der Waals surface area (Å²) in [6.07, 6.45) is 2.35. The number of thioether (sulfide) groups is 1. The van der Waals surface area contributed by atoms with Gasteiger partial charge in [-0.3, -0.25) is 19.3 Å². The third-order valence-corrected chi connectivity index (χ3v) is 6.26. The van der Waals surface area contributed by atoms with Crippen LogP contribution in [0.5, 0.6) is 0 Å². The number of benzene rings is 2. The van der Waals surface area contributed by atoms with E-state index < -0.39 is 23.2 Å². The van der Waals surface area contributed by atoms with Crippen molar-refractivity contribution in [3.05, 3.63) is 71.1 Å². The first-order valence-electron chi connectivity index (χ1n) is 9.75. The lowest BCUT2D eigenvalue weighted by atomic mass is 10.0. The molecule has 0 radical (unpaired) electrons. The highest BCUT2D eigenvalue weighted by Crippen LogP contribution is 2.31. The third kappa shape index (κ3) is 4.47. The van der Waals surface area contributed by atoms with Crippen LogP contribution in [0.25, 0.3) is 0 Å². The second kappa shape index (κ2) is 8.91. The molecule has 2 aliphatic rings. The number of carbonyl (C=O) groups is 3. The van der Waals surface area contributed by atoms with Crippen molar-refractivity contribution in [3.8, 4) is 0 Å². The van der Waals surface area contributed by atoms with Gasteiger partial charge in [0.05, 0.1) is 10.6 Å². The number of aryl methyl sites for hydroxylation is 1. The Bertz CT molecular complexity index is 1070. The van der Waals surface area contributed by atoms with Crippen molar-refractivity contribution in [1.82, 2.24) is 10.6 Å². The maximum atomic E-state index is 13.1. The number of hydrogen-bond acceptors (Lipinski definition) is 6. The molecule has 0 aromatic heterocycles. The molecule has 3 amide bonds. The van der Waals surface area contributed by atoms with Gasteiger partial charge in [-0.15, -0.1) is 0 Å². The Morgan fingerprint density at radius 2 is 1.81 bits per heavy atom. The standard InChI is InChI=1S/C22H20N4O3S2/c1-2-13-8-10-14(11-9-13)23-21-24-19(28)17(31-21)12-16-18(27)25-22(30)26(20(16)29)15-6-4-3-5-7-15/h3-12,16,21,23H,2H2,1H3,(H,24,28)(H,25,27,30)/b17-12-/t16-,21+/m0/s1. The van der Waals surface area contributed by atoms with E-state index in [0.717, 1.165) is 12.1 Å². The molecule has 7 nitrogen and oxygen atoms in total. The lowest BCUT2D eigenvalue weighted by Crippen LogP contribution is -2.57. The highest BCUT2D eigenvalue weighted by atomic mass is 32.2. The second-order valence-electron chi connectivity index (χ2n) is 6.98. The Kier molecular flexibility index (Phi) is 6.06. The monoisotopic (exact) mass is 452 g/mol. The number of anilines is 2. The SMILES string of the molecule is CCc1ccc(N[C@@H]2NC(=O)/C(=C/[C@H]3C(=O)NC(=S)N(c4ccccc4)C3=O)S2)cc1. The molecule has 31 heavy (non-hydrogen) atoms. The molecule has 9 heteroatoms. The summed E-state index contributed by atoms with van der Waals surface area (Å²) in [7, 11) is 0. The average molecular weight is 453 g/mol. The fraction of sp³-hybridized carbons (Fsp3) is 0.182. The van der Waals surface area contributed by atoms with Gasteiger partial charge in [-0.05, 0) is 54.5 Å². The Morgan fingerprint density at radius 1 is 1.10 bits per heavy atom. The van der Waals surface area contributed by atoms with E-state index in [4.69, 9.17) is 12.2 Å². The molecule has 2 atom stereocenters. The summed E-state index contributed by atoms with van der Waals surface area (Å²) >= 11 is 6.41. The molecule has 0 unspecified atom stereocenters. The topological polar surface area (TPSA) is 90.5 Å². The smallest absolute Gasteiger partial charge is 0.259 e. The summed E-state index contributed by atoms with van der Waals surface area (Å²) in [5.41, 5.74) is 2.24. The van der Waals surface area contributed by atoms with E-state index in [1.807, 2.05) is 30.3 Å². The molecule has 0 spiro atoms. The van der Waals surface area contributed by atoms with Crippen molar-refractivity contribution >= 4 is 58.2 Å². The second-order valence-corrected chi connectivity index (χ2v) is 8.51. The summed E-state index contributed by atoms with van der Waals surface area (Å²) in [5, 5.41) is 8.62. The van der Waals surface area contributed by atoms with Crippen LogP contribution in [0.2, 0.25) is 0 Å². The van der Waals surface area contributed by atoms with Crippen LogP contribution in [0.3, 0.4) is 0 Å². The first-order valence-corrected chi connectivity index (χ1v) is 11.0. The van der Waals surface area contributed by atoms with Crippen molar-refractivity contribution < 1.29 is 14.4 Å². The zero-order chi connectivity index (χ0) is 22.0. The summed E-state index contributed by atoms with van der Waals surface area (Å²) in [6, 6.07) is 16.8. The zero-order valence-corrected chi connectivity index (χ0v) is 18.3. The molecular weight excluding hydrogens is 432 g/mol. The molecule has 2 aromatic rings. The van der Waals surface area contributed by atoms with Crippen LogP contribution in [0.4, 0.5) is 11.4 Å². The van der Waals surface area contributed by atoms with Crippen LogP contribution in [0.1, 0.15) is 12.5 Å². The molecule has 0 aliphatic carbocycles. The van der Waals surface area contributed by atoms with E-state index in [1.54, 1.807) is 24.3 Å². The largest absolute Gasteiger partial charge is 0.357 e. The van der Waals surface area contributed by atoms with E-state index in [9.17, 15) is 14.4 Å². The van der Waals surface area contributed by atoms with Gasteiger partial charge < -0.3 is 16.0 Å². The number of para-hydroxylation sites is 1. The lowest BCUT2D eigenvalue weighted by molar-refractivity contribution is -0.131. The normalized spacial score (nSPS) is 22.5. The van der Waals surface area contributed by atoms with Gasteiger partial charge in [0.2, 0.25) is 11.8 Å². The number of carbonyl (C=O) groups excluding carboxylic acids is 3. The molecule has 2 heterocycles. The Labute approximate surface area is 189 Å². The molecule has 2 fully saturated rings. The quantitative estimate of drug-likeness (QED) is 0.367. The van der Waals surface area contributed by atoms with Crippen molar-refractivity contribution in [2.45, 2.75) is 18.8 Å². The number of nitrogens with one attached hydrogen (secondary N) is 3. The van der Waals surface area contributed by atoms with Crippen LogP contribution in [-0.4, -0.2) is 28.3 Å². The van der Waals surface area contributed by atoms with Crippen LogP contribution in [0, 0.1) is 5.92 Å². The number of rotatable bonds is 5. The molecule has 4 rings (SSSR count). The summed E-state index contributed by atoms with van der Waals surface area (Å²) in [4.78, 5) is 39.6. The van der Waals surface area contributed by atoms with Gasteiger partial charge in [-0.25, -0.2) is 0 Å². The summed E-state index contributed by atoms with van der Waals surface area (Å²) in [6.45, 7) is 2.08. The molecule has 0 bridgehead atoms. The van der Waals surface area contributed by atoms with Crippen LogP contribution in [-0.2, 0) is 20.8 Å². The van der Waals surface area contributed by atoms with Gasteiger partial charge in [-0.1, -0.05) is 49.0 Å². The number of thiocarbonyl (C=S) groups is 1. The van der Waals surface area contributed by atoms with Gasteiger partial charge in [0.25, 0.3) is 5.91 Å². The Balaban J connectivity index is 1.51. The maximum absolute atomic E-state index is 13.1. The fourth-order valence-electron chi connectivity index (χ4n) is 3.28. The number of nitrogens with zero attached hydrogens (tertiary/aromatic N) is 1. The number of hydrogen-bond donors (Lipinski definition) is 3. The summed E-state index contributed by atoms with van der Waals surface area (Å²) < 4.78 is 0. The molecule has 3 N–H and O–H groups in total. The van der Waals surface area contributed by atoms with Gasteiger partial charge in [0, 0.05) is 5.69 Å². The first kappa shape index (κ1) is 21.1. The predicted molar refractivity (Wildman–Crippen MR) is 125 cm³/mol. The first-order chi connectivity index (χ1) is 15.0. The Hall–Kier alpha value is -3.17. The van der Waals surface area contributed by atoms with E-state index in [1.165, 1.54) is 28.3 Å². The molecular formula is C22H20N4O3S2. The van der Waals surface area contributed by atoms with Gasteiger partial charge in [0.1, 0.15) is 5.92 Å². The van der Waals surface area contributed by atoms with Crippen LogP contribution >= 0.6 is 24.0 Å². The van der Waals surface area contributed by atoms with E-state index in [0.29, 0.717) is 10.6 Å². The molecule has 2 saturated heterocycles. The van der Waals surface area contributed by atoms with Crippen molar-refractivity contribution in [1.29, 1.82) is 0 Å². The minimum atomic E-state index is -1.15. The zero-order valence-electron chi connectivity index (χ0n) is 16.6. The van der Waals surface area contributed by atoms with Gasteiger partial charge in [-0.2, -0.15) is 0 Å². The highest BCUT2D eigenvalue weighted by molar-refractivity contribution is 8.05. The maximum Gasteiger partial charge on any atom is 0.259 e. The van der Waals surface area contributed by atoms with E-state index in [2.05, 4.69) is 22.9 Å². The fourth-order valence-corrected chi connectivity index (χ4v) is 4.57. The van der Waals surface area contributed by atoms with Gasteiger partial charge in [0.15, 0.2) is 10.6 Å². The van der Waals surface area contributed by atoms with Gasteiger partial charge >= 0.3 is 0 Å². The number of amides is 3. The van der Waals surface area contributed by atoms with Crippen molar-refractivity contribution in [3.63, 3.8) is 0 Å². The van der Waals surface area contributed by atoms with Crippen molar-refractivity contribution in [2.24, 2.45) is 5.92 Å². The summed E-state index contributed by atoms with van der Waals surface area (Å²) in [5.74, 6) is -2.53. The van der Waals surface area contributed by atoms with Crippen LogP contribution in [0.15, 0.2) is 65.6 Å². The van der Waals surface area contributed by atoms with E-state index in [-0.39, 0.29) is 11.0 Å². The minimum absolute atomic E-state index is 0.0226.